The predicted octanol–water partition coefficient (Wildman–Crippen LogP) is 4.19. The minimum absolute atomic E-state index is 0.128. The Hall–Kier alpha value is -2.55. The Morgan fingerprint density at radius 2 is 1.80 bits per heavy atom. The van der Waals surface area contributed by atoms with Gasteiger partial charge in [-0.05, 0) is 30.3 Å². The van der Waals surface area contributed by atoms with Crippen LogP contribution in [0.2, 0.25) is 10.2 Å². The fourth-order valence-electron chi connectivity index (χ4n) is 2.79. The Morgan fingerprint density at radius 1 is 1.10 bits per heavy atom. The molecule has 158 valence electrons. The van der Waals surface area contributed by atoms with Crippen LogP contribution in [0.25, 0.3) is 16.9 Å². The van der Waals surface area contributed by atoms with Gasteiger partial charge in [0.05, 0.1) is 34.2 Å². The number of carbonyl (C=O) groups is 1. The second kappa shape index (κ2) is 9.07. The van der Waals surface area contributed by atoms with Gasteiger partial charge >= 0.3 is 5.97 Å². The van der Waals surface area contributed by atoms with E-state index in [4.69, 9.17) is 32.7 Å². The van der Waals surface area contributed by atoms with E-state index < -0.39 is 15.8 Å². The molecule has 0 aliphatic rings. The van der Waals surface area contributed by atoms with Crippen molar-refractivity contribution in [3.63, 3.8) is 0 Å². The molecule has 0 bridgehead atoms. The summed E-state index contributed by atoms with van der Waals surface area (Å²) in [6, 6.07) is 13.2. The number of esters is 1. The molecule has 0 amide bonds. The highest BCUT2D eigenvalue weighted by Gasteiger charge is 2.17. The summed E-state index contributed by atoms with van der Waals surface area (Å²) >= 11 is 12.3. The van der Waals surface area contributed by atoms with E-state index in [-0.39, 0.29) is 22.4 Å². The van der Waals surface area contributed by atoms with Crippen LogP contribution >= 0.6 is 23.2 Å². The number of hydrogen-bond donors (Lipinski definition) is 0. The summed E-state index contributed by atoms with van der Waals surface area (Å²) in [5.74, 6) is -0.284. The number of sulfone groups is 1. The Morgan fingerprint density at radius 3 is 2.40 bits per heavy atom. The Kier molecular flexibility index (Phi) is 6.70. The van der Waals surface area contributed by atoms with Gasteiger partial charge in [0.25, 0.3) is 0 Å². The molecule has 0 radical (unpaired) electrons. The molecule has 0 unspecified atom stereocenters. The van der Waals surface area contributed by atoms with Gasteiger partial charge in [-0.1, -0.05) is 35.3 Å². The molecule has 0 saturated heterocycles. The number of aromatic nitrogens is 2. The first-order chi connectivity index (χ1) is 14.2. The van der Waals surface area contributed by atoms with Gasteiger partial charge in [-0.3, -0.25) is 4.79 Å². The van der Waals surface area contributed by atoms with E-state index in [1.165, 1.54) is 26.2 Å². The highest BCUT2D eigenvalue weighted by Crippen LogP contribution is 2.31. The summed E-state index contributed by atoms with van der Waals surface area (Å²) in [7, 11) is -2.06. The Bertz CT molecular complexity index is 1170. The molecule has 0 aliphatic carbocycles. The molecule has 1 aromatic heterocycles. The first kappa shape index (κ1) is 22.1. The summed E-state index contributed by atoms with van der Waals surface area (Å²) in [6.45, 7) is 1.03. The van der Waals surface area contributed by atoms with Crippen LogP contribution in [-0.2, 0) is 19.4 Å². The largest absolute Gasteiger partial charge is 0.495 e. The molecule has 2 aromatic carbocycles. The first-order valence-electron chi connectivity index (χ1n) is 8.77. The maximum Gasteiger partial charge on any atom is 0.302 e. The number of benzene rings is 2. The van der Waals surface area contributed by atoms with Crippen molar-refractivity contribution in [1.29, 1.82) is 0 Å². The molecule has 10 heteroatoms. The predicted molar refractivity (Wildman–Crippen MR) is 114 cm³/mol. The van der Waals surface area contributed by atoms with Crippen LogP contribution in [0.5, 0.6) is 5.75 Å². The van der Waals surface area contributed by atoms with Gasteiger partial charge in [0.2, 0.25) is 0 Å². The van der Waals surface area contributed by atoms with Crippen molar-refractivity contribution in [3.05, 3.63) is 58.7 Å². The fourth-order valence-corrected chi connectivity index (χ4v) is 4.31. The van der Waals surface area contributed by atoms with Crippen LogP contribution in [-0.4, -0.2) is 43.6 Å². The van der Waals surface area contributed by atoms with Crippen molar-refractivity contribution in [3.8, 4) is 22.7 Å². The van der Waals surface area contributed by atoms with Gasteiger partial charge in [-0.2, -0.15) is 5.10 Å². The maximum absolute atomic E-state index is 12.4. The normalized spacial score (nSPS) is 11.3. The van der Waals surface area contributed by atoms with Crippen molar-refractivity contribution in [2.75, 3.05) is 19.5 Å². The van der Waals surface area contributed by atoms with Crippen molar-refractivity contribution >= 4 is 39.0 Å². The van der Waals surface area contributed by atoms with Crippen LogP contribution in [0, 0.1) is 0 Å². The van der Waals surface area contributed by atoms with Gasteiger partial charge in [0.15, 0.2) is 15.0 Å². The summed E-state index contributed by atoms with van der Waals surface area (Å²) in [4.78, 5) is 11.0. The summed E-state index contributed by atoms with van der Waals surface area (Å²) in [5, 5.41) is 4.99. The second-order valence-electron chi connectivity index (χ2n) is 6.27. The molecule has 0 atom stereocenters. The molecule has 0 saturated carbocycles. The van der Waals surface area contributed by atoms with Crippen LogP contribution in [0.3, 0.4) is 0 Å². The van der Waals surface area contributed by atoms with Crippen LogP contribution < -0.4 is 4.74 Å². The van der Waals surface area contributed by atoms with Gasteiger partial charge in [-0.25, -0.2) is 13.1 Å². The lowest BCUT2D eigenvalue weighted by molar-refractivity contribution is -0.140. The van der Waals surface area contributed by atoms with E-state index >= 15 is 0 Å². The minimum Gasteiger partial charge on any atom is -0.495 e. The third-order valence-electron chi connectivity index (χ3n) is 4.23. The highest BCUT2D eigenvalue weighted by molar-refractivity contribution is 7.91. The van der Waals surface area contributed by atoms with E-state index in [2.05, 4.69) is 5.10 Å². The van der Waals surface area contributed by atoms with Crippen molar-refractivity contribution in [2.45, 2.75) is 11.8 Å². The molecule has 0 aliphatic heterocycles. The lowest BCUT2D eigenvalue weighted by atomic mass is 10.1. The van der Waals surface area contributed by atoms with Crippen LogP contribution in [0.4, 0.5) is 0 Å². The van der Waals surface area contributed by atoms with Crippen molar-refractivity contribution in [1.82, 2.24) is 9.78 Å². The number of halogens is 2. The molecular formula is C20H18Cl2N2O5S. The molecule has 0 N–H and O–H groups in total. The number of hydrogen-bond acceptors (Lipinski definition) is 6. The number of rotatable bonds is 7. The van der Waals surface area contributed by atoms with Crippen molar-refractivity contribution in [2.24, 2.45) is 0 Å². The standard InChI is InChI=1S/C20H18Cl2N2O5S/c1-13(25)29-9-10-30(26,27)16-6-3-14(4-7-16)18-12-20(22)23-24(18)15-5-8-19(28-2)17(21)11-15/h3-8,11-12H,9-10H2,1-2H3. The fraction of sp³-hybridized carbons (Fsp3) is 0.200. The number of carbonyl (C=O) groups excluding carboxylic acids is 1. The Balaban J connectivity index is 1.91. The molecule has 30 heavy (non-hydrogen) atoms. The summed E-state index contributed by atoms with van der Waals surface area (Å²) < 4.78 is 36.3. The van der Waals surface area contributed by atoms with E-state index in [1.54, 1.807) is 41.1 Å². The van der Waals surface area contributed by atoms with Gasteiger partial charge in [0.1, 0.15) is 12.4 Å². The monoisotopic (exact) mass is 468 g/mol. The zero-order chi connectivity index (χ0) is 21.9. The van der Waals surface area contributed by atoms with Crippen molar-refractivity contribution < 1.29 is 22.7 Å². The van der Waals surface area contributed by atoms with Gasteiger partial charge in [-0.15, -0.1) is 0 Å². The SMILES string of the molecule is COc1ccc(-n2nc(Cl)cc2-c2ccc(S(=O)(=O)CCOC(C)=O)cc2)cc1Cl. The third kappa shape index (κ3) is 4.95. The van der Waals surface area contributed by atoms with E-state index in [9.17, 15) is 13.2 Å². The molecule has 0 fully saturated rings. The Labute approximate surface area is 184 Å². The van der Waals surface area contributed by atoms with Crippen LogP contribution in [0.1, 0.15) is 6.92 Å². The molecule has 3 rings (SSSR count). The third-order valence-corrected chi connectivity index (χ3v) is 6.40. The lowest BCUT2D eigenvalue weighted by Crippen LogP contribution is -2.14. The average molecular weight is 469 g/mol. The quantitative estimate of drug-likeness (QED) is 0.483. The molecule has 0 spiro atoms. The number of methoxy groups -OCH3 is 1. The zero-order valence-corrected chi connectivity index (χ0v) is 18.5. The zero-order valence-electron chi connectivity index (χ0n) is 16.1. The van der Waals surface area contributed by atoms with Crippen LogP contribution in [0.15, 0.2) is 53.4 Å². The maximum atomic E-state index is 12.4. The summed E-state index contributed by atoms with van der Waals surface area (Å²) in [6.07, 6.45) is 0. The lowest BCUT2D eigenvalue weighted by Gasteiger charge is -2.10. The average Bonchev–Trinajstić information content (AvgIpc) is 3.09. The van der Waals surface area contributed by atoms with E-state index in [0.29, 0.717) is 27.7 Å². The highest BCUT2D eigenvalue weighted by atomic mass is 35.5. The molecule has 1 heterocycles. The van der Waals surface area contributed by atoms with E-state index in [0.717, 1.165) is 0 Å². The van der Waals surface area contributed by atoms with E-state index in [1.807, 2.05) is 0 Å². The smallest absolute Gasteiger partial charge is 0.302 e. The number of ether oxygens (including phenoxy) is 2. The minimum atomic E-state index is -3.58. The first-order valence-corrected chi connectivity index (χ1v) is 11.2. The second-order valence-corrected chi connectivity index (χ2v) is 9.17. The van der Waals surface area contributed by atoms with Gasteiger partial charge in [0, 0.05) is 18.6 Å². The molecule has 7 nitrogen and oxygen atoms in total. The van der Waals surface area contributed by atoms with Gasteiger partial charge < -0.3 is 9.47 Å². The molecule has 3 aromatic rings. The number of nitrogens with zero attached hydrogens (tertiary/aromatic N) is 2. The topological polar surface area (TPSA) is 87.5 Å². The molecular weight excluding hydrogens is 451 g/mol. The summed E-state index contributed by atoms with van der Waals surface area (Å²) in [5.41, 5.74) is 2.03.